The third kappa shape index (κ3) is 3.50. The van der Waals surface area contributed by atoms with Gasteiger partial charge in [0.2, 0.25) is 0 Å². The van der Waals surface area contributed by atoms with Crippen molar-refractivity contribution >= 4 is 38.6 Å². The summed E-state index contributed by atoms with van der Waals surface area (Å²) in [7, 11) is 1.74. The van der Waals surface area contributed by atoms with Crippen LogP contribution in [0.1, 0.15) is 25.7 Å². The van der Waals surface area contributed by atoms with E-state index in [-0.39, 0.29) is 0 Å². The summed E-state index contributed by atoms with van der Waals surface area (Å²) < 4.78 is 19.8. The number of hydrogen-bond donors (Lipinski definition) is 0. The SMILES string of the molecule is COCCC1CCCCN1c1cc([S+](C)[O-])n2ncc(Br)c2n1. The van der Waals surface area contributed by atoms with E-state index in [4.69, 9.17) is 9.72 Å². The largest absolute Gasteiger partial charge is 0.610 e. The summed E-state index contributed by atoms with van der Waals surface area (Å²) in [5, 5.41) is 4.94. The lowest BCUT2D eigenvalue weighted by atomic mass is 9.99. The van der Waals surface area contributed by atoms with Gasteiger partial charge < -0.3 is 14.2 Å². The van der Waals surface area contributed by atoms with E-state index in [0.717, 1.165) is 42.7 Å². The molecule has 8 heteroatoms. The van der Waals surface area contributed by atoms with E-state index in [1.165, 1.54) is 6.42 Å². The Hall–Kier alpha value is -0.830. The van der Waals surface area contributed by atoms with Gasteiger partial charge in [-0.2, -0.15) is 9.61 Å². The monoisotopic (exact) mass is 400 g/mol. The van der Waals surface area contributed by atoms with E-state index in [2.05, 4.69) is 25.9 Å². The quantitative estimate of drug-likeness (QED) is 0.569. The predicted molar refractivity (Wildman–Crippen MR) is 94.5 cm³/mol. The van der Waals surface area contributed by atoms with Crippen molar-refractivity contribution < 1.29 is 9.29 Å². The Bertz CT molecular complexity index is 679. The van der Waals surface area contributed by atoms with E-state index >= 15 is 0 Å². The first-order valence-electron chi connectivity index (χ1n) is 7.75. The van der Waals surface area contributed by atoms with Crippen molar-refractivity contribution in [2.24, 2.45) is 0 Å². The first-order chi connectivity index (χ1) is 11.1. The van der Waals surface area contributed by atoms with Crippen LogP contribution in [0.4, 0.5) is 5.82 Å². The van der Waals surface area contributed by atoms with E-state index in [9.17, 15) is 4.55 Å². The zero-order valence-electron chi connectivity index (χ0n) is 13.4. The van der Waals surface area contributed by atoms with Gasteiger partial charge in [0.25, 0.3) is 5.03 Å². The maximum absolute atomic E-state index is 12.1. The van der Waals surface area contributed by atoms with Crippen LogP contribution < -0.4 is 4.90 Å². The lowest BCUT2D eigenvalue weighted by Crippen LogP contribution is -2.41. The highest BCUT2D eigenvalue weighted by molar-refractivity contribution is 9.10. The fourth-order valence-electron chi connectivity index (χ4n) is 3.10. The minimum atomic E-state index is -1.13. The van der Waals surface area contributed by atoms with Crippen LogP contribution in [0.2, 0.25) is 0 Å². The first kappa shape index (κ1) is 17.0. The second kappa shape index (κ2) is 7.38. The van der Waals surface area contributed by atoms with Gasteiger partial charge in [-0.3, -0.25) is 0 Å². The van der Waals surface area contributed by atoms with Gasteiger partial charge in [-0.15, -0.1) is 0 Å². The molecular formula is C15H21BrN4O2S. The molecule has 1 saturated heterocycles. The van der Waals surface area contributed by atoms with Crippen molar-refractivity contribution in [1.82, 2.24) is 14.6 Å². The molecule has 6 nitrogen and oxygen atoms in total. The smallest absolute Gasteiger partial charge is 0.251 e. The second-order valence-corrected chi connectivity index (χ2v) is 7.94. The van der Waals surface area contributed by atoms with Crippen LogP contribution in [0.15, 0.2) is 21.8 Å². The zero-order valence-corrected chi connectivity index (χ0v) is 15.8. The third-order valence-corrected chi connectivity index (χ3v) is 5.69. The van der Waals surface area contributed by atoms with Crippen molar-refractivity contribution in [2.75, 3.05) is 31.4 Å². The molecule has 2 unspecified atom stereocenters. The fourth-order valence-corrected chi connectivity index (χ4v) is 4.10. The number of anilines is 1. The normalized spacial score (nSPS) is 20.2. The summed E-state index contributed by atoms with van der Waals surface area (Å²) in [5.41, 5.74) is 0.712. The Morgan fingerprint density at radius 1 is 1.48 bits per heavy atom. The molecule has 0 N–H and O–H groups in total. The summed E-state index contributed by atoms with van der Waals surface area (Å²) in [6, 6.07) is 2.33. The Morgan fingerprint density at radius 2 is 2.30 bits per heavy atom. The third-order valence-electron chi connectivity index (χ3n) is 4.25. The van der Waals surface area contributed by atoms with E-state index in [1.807, 2.05) is 6.07 Å². The molecular weight excluding hydrogens is 380 g/mol. The van der Waals surface area contributed by atoms with Crippen molar-refractivity contribution in [3.05, 3.63) is 16.7 Å². The van der Waals surface area contributed by atoms with E-state index in [0.29, 0.717) is 16.7 Å². The Kier molecular flexibility index (Phi) is 5.45. The van der Waals surface area contributed by atoms with Gasteiger partial charge in [0.15, 0.2) is 5.65 Å². The molecule has 2 atom stereocenters. The van der Waals surface area contributed by atoms with E-state index in [1.54, 1.807) is 24.1 Å². The molecule has 0 amide bonds. The average Bonchev–Trinajstić information content (AvgIpc) is 2.93. The van der Waals surface area contributed by atoms with Crippen LogP contribution in [0.5, 0.6) is 0 Å². The first-order valence-corrected chi connectivity index (χ1v) is 10.1. The molecule has 3 heterocycles. The maximum atomic E-state index is 12.1. The van der Waals surface area contributed by atoms with Gasteiger partial charge in [0.05, 0.1) is 16.7 Å². The number of hydrogen-bond acceptors (Lipinski definition) is 5. The van der Waals surface area contributed by atoms with Gasteiger partial charge in [0, 0.05) is 37.5 Å². The van der Waals surface area contributed by atoms with Gasteiger partial charge in [-0.05, 0) is 41.6 Å². The van der Waals surface area contributed by atoms with Crippen LogP contribution >= 0.6 is 15.9 Å². The predicted octanol–water partition coefficient (Wildman–Crippen LogP) is 2.62. The highest BCUT2D eigenvalue weighted by Crippen LogP contribution is 2.29. The standard InChI is InChI=1S/C15H21BrN4O2S/c1-22-8-6-11-5-3-4-7-19(11)13-9-14(23(2)21)20-15(18-13)12(16)10-17-20/h9-11H,3-8H2,1-2H3. The van der Waals surface area contributed by atoms with Gasteiger partial charge in [-0.1, -0.05) is 0 Å². The van der Waals surface area contributed by atoms with Crippen LogP contribution in [0.25, 0.3) is 5.65 Å². The number of ether oxygens (including phenoxy) is 1. The van der Waals surface area contributed by atoms with Gasteiger partial charge >= 0.3 is 0 Å². The number of rotatable bonds is 5. The molecule has 23 heavy (non-hydrogen) atoms. The summed E-state index contributed by atoms with van der Waals surface area (Å²) in [6.07, 6.45) is 7.88. The molecule has 0 spiro atoms. The van der Waals surface area contributed by atoms with Crippen molar-refractivity contribution in [3.8, 4) is 0 Å². The molecule has 0 aliphatic carbocycles. The summed E-state index contributed by atoms with van der Waals surface area (Å²) in [6.45, 7) is 1.71. The highest BCUT2D eigenvalue weighted by atomic mass is 79.9. The summed E-state index contributed by atoms with van der Waals surface area (Å²) in [4.78, 5) is 7.10. The Balaban J connectivity index is 2.01. The van der Waals surface area contributed by atoms with Crippen molar-refractivity contribution in [3.63, 3.8) is 0 Å². The van der Waals surface area contributed by atoms with Crippen LogP contribution in [-0.4, -0.2) is 51.7 Å². The average molecular weight is 401 g/mol. The minimum absolute atomic E-state index is 0.415. The summed E-state index contributed by atoms with van der Waals surface area (Å²) in [5.74, 6) is 0.879. The van der Waals surface area contributed by atoms with Gasteiger partial charge in [-0.25, -0.2) is 4.98 Å². The summed E-state index contributed by atoms with van der Waals surface area (Å²) >= 11 is 2.35. The molecule has 2 aromatic heterocycles. The number of methoxy groups -OCH3 is 1. The molecule has 3 rings (SSSR count). The van der Waals surface area contributed by atoms with E-state index < -0.39 is 11.2 Å². The van der Waals surface area contributed by atoms with Crippen LogP contribution in [0, 0.1) is 0 Å². The minimum Gasteiger partial charge on any atom is -0.610 e. The highest BCUT2D eigenvalue weighted by Gasteiger charge is 2.26. The number of fused-ring (bicyclic) bond motifs is 1. The van der Waals surface area contributed by atoms with Crippen molar-refractivity contribution in [2.45, 2.75) is 36.8 Å². The Morgan fingerprint density at radius 3 is 3.04 bits per heavy atom. The molecule has 2 aromatic rings. The number of nitrogens with zero attached hydrogens (tertiary/aromatic N) is 4. The molecule has 0 bridgehead atoms. The lowest BCUT2D eigenvalue weighted by molar-refractivity contribution is 0.182. The molecule has 0 saturated carbocycles. The number of halogens is 1. The van der Waals surface area contributed by atoms with Crippen molar-refractivity contribution in [1.29, 1.82) is 0 Å². The second-order valence-electron chi connectivity index (χ2n) is 5.76. The molecule has 1 aliphatic rings. The molecule has 1 fully saturated rings. The number of aromatic nitrogens is 3. The maximum Gasteiger partial charge on any atom is 0.251 e. The van der Waals surface area contributed by atoms with Crippen LogP contribution in [-0.2, 0) is 15.9 Å². The zero-order chi connectivity index (χ0) is 16.4. The number of piperidine rings is 1. The molecule has 0 aromatic carbocycles. The van der Waals surface area contributed by atoms with Crippen LogP contribution in [0.3, 0.4) is 0 Å². The fraction of sp³-hybridized carbons (Fsp3) is 0.600. The molecule has 126 valence electrons. The molecule has 1 aliphatic heterocycles. The lowest BCUT2D eigenvalue weighted by Gasteiger charge is -2.36. The Labute approximate surface area is 147 Å². The topological polar surface area (TPSA) is 65.7 Å². The molecule has 0 radical (unpaired) electrons. The van der Waals surface area contributed by atoms with Gasteiger partial charge in [0.1, 0.15) is 12.1 Å².